The monoisotopic (exact) mass is 237 g/mol. The Morgan fingerprint density at radius 3 is 2.81 bits per heavy atom. The Morgan fingerprint density at radius 2 is 2.19 bits per heavy atom. The van der Waals surface area contributed by atoms with Crippen LogP contribution in [0.2, 0.25) is 5.22 Å². The summed E-state index contributed by atoms with van der Waals surface area (Å²) < 4.78 is 4.80. The molecule has 2 rings (SSSR count). The maximum Gasteiger partial charge on any atom is 0.260 e. The molecule has 2 N–H and O–H groups in total. The molecule has 0 aliphatic rings. The molecular weight excluding hydrogens is 230 g/mol. The standard InChI is InChI=1S/C11H8ClNO3/c12-10-9(4-5-16-10)11(15)13-7-2-1-3-8(14)6-7/h1-6,14H,(H,13,15). The maximum atomic E-state index is 11.7. The predicted molar refractivity (Wildman–Crippen MR) is 59.8 cm³/mol. The summed E-state index contributed by atoms with van der Waals surface area (Å²) >= 11 is 5.66. The number of halogens is 1. The average molecular weight is 238 g/mol. The van der Waals surface area contributed by atoms with Crippen LogP contribution >= 0.6 is 11.6 Å². The third-order valence-electron chi connectivity index (χ3n) is 1.97. The van der Waals surface area contributed by atoms with Gasteiger partial charge in [0.25, 0.3) is 5.91 Å². The lowest BCUT2D eigenvalue weighted by Gasteiger charge is -2.03. The van der Waals surface area contributed by atoms with Gasteiger partial charge in [0, 0.05) is 11.8 Å². The molecule has 4 nitrogen and oxygen atoms in total. The van der Waals surface area contributed by atoms with Gasteiger partial charge in [0.2, 0.25) is 5.22 Å². The molecule has 1 aromatic carbocycles. The minimum absolute atomic E-state index is 0.0395. The van der Waals surface area contributed by atoms with E-state index in [9.17, 15) is 9.90 Å². The molecule has 1 aromatic heterocycles. The smallest absolute Gasteiger partial charge is 0.260 e. The quantitative estimate of drug-likeness (QED) is 0.844. The summed E-state index contributed by atoms with van der Waals surface area (Å²) in [5.74, 6) is -0.305. The highest BCUT2D eigenvalue weighted by atomic mass is 35.5. The highest BCUT2D eigenvalue weighted by molar-refractivity contribution is 6.32. The fraction of sp³-hybridized carbons (Fsp3) is 0. The number of nitrogens with one attached hydrogen (secondary N) is 1. The molecule has 0 atom stereocenters. The van der Waals surface area contributed by atoms with E-state index in [2.05, 4.69) is 5.32 Å². The minimum Gasteiger partial charge on any atom is -0.508 e. The fourth-order valence-electron chi connectivity index (χ4n) is 1.24. The number of aromatic hydroxyl groups is 1. The molecule has 5 heteroatoms. The number of furan rings is 1. The van der Waals surface area contributed by atoms with Gasteiger partial charge in [-0.2, -0.15) is 0 Å². The van der Waals surface area contributed by atoms with Crippen molar-refractivity contribution in [2.75, 3.05) is 5.32 Å². The highest BCUT2D eigenvalue weighted by Gasteiger charge is 2.12. The second-order valence-corrected chi connectivity index (χ2v) is 3.46. The first kappa shape index (κ1) is 10.6. The number of anilines is 1. The van der Waals surface area contributed by atoms with Gasteiger partial charge in [0.1, 0.15) is 5.75 Å². The number of phenolic OH excluding ortho intramolecular Hbond substituents is 1. The lowest BCUT2D eigenvalue weighted by molar-refractivity contribution is 0.102. The molecule has 0 spiro atoms. The number of carbonyl (C=O) groups excluding carboxylic acids is 1. The molecule has 0 aliphatic heterocycles. The topological polar surface area (TPSA) is 62.5 Å². The predicted octanol–water partition coefficient (Wildman–Crippen LogP) is 2.89. The Hall–Kier alpha value is -1.94. The third-order valence-corrected chi connectivity index (χ3v) is 2.26. The van der Waals surface area contributed by atoms with Gasteiger partial charge in [-0.15, -0.1) is 0 Å². The number of benzene rings is 1. The van der Waals surface area contributed by atoms with Crippen LogP contribution in [0.5, 0.6) is 5.75 Å². The molecule has 82 valence electrons. The molecule has 1 heterocycles. The van der Waals surface area contributed by atoms with E-state index in [0.29, 0.717) is 5.69 Å². The van der Waals surface area contributed by atoms with Crippen molar-refractivity contribution in [2.24, 2.45) is 0 Å². The molecule has 0 aliphatic carbocycles. The molecule has 0 unspecified atom stereocenters. The van der Waals surface area contributed by atoms with E-state index in [1.807, 2.05) is 0 Å². The molecule has 1 amide bonds. The van der Waals surface area contributed by atoms with Crippen molar-refractivity contribution in [1.29, 1.82) is 0 Å². The third kappa shape index (κ3) is 2.17. The van der Waals surface area contributed by atoms with E-state index in [1.54, 1.807) is 12.1 Å². The molecule has 0 bridgehead atoms. The highest BCUT2D eigenvalue weighted by Crippen LogP contribution is 2.20. The van der Waals surface area contributed by atoms with Gasteiger partial charge in [-0.3, -0.25) is 4.79 Å². The van der Waals surface area contributed by atoms with Gasteiger partial charge in [-0.25, -0.2) is 0 Å². The molecule has 0 saturated carbocycles. The second kappa shape index (κ2) is 4.28. The largest absolute Gasteiger partial charge is 0.508 e. The van der Waals surface area contributed by atoms with E-state index in [4.69, 9.17) is 16.0 Å². The summed E-state index contributed by atoms with van der Waals surface area (Å²) in [5, 5.41) is 11.8. The van der Waals surface area contributed by atoms with Crippen molar-refractivity contribution >= 4 is 23.2 Å². The molecule has 0 saturated heterocycles. The summed E-state index contributed by atoms with van der Waals surface area (Å²) in [6.07, 6.45) is 1.33. The summed E-state index contributed by atoms with van der Waals surface area (Å²) in [7, 11) is 0. The van der Waals surface area contributed by atoms with E-state index in [1.165, 1.54) is 24.5 Å². The van der Waals surface area contributed by atoms with Crippen LogP contribution < -0.4 is 5.32 Å². The van der Waals surface area contributed by atoms with Gasteiger partial charge < -0.3 is 14.8 Å². The van der Waals surface area contributed by atoms with Gasteiger partial charge in [0.05, 0.1) is 11.8 Å². The minimum atomic E-state index is -0.385. The van der Waals surface area contributed by atoms with Crippen LogP contribution in [0.1, 0.15) is 10.4 Å². The first-order chi connectivity index (χ1) is 7.66. The van der Waals surface area contributed by atoms with Gasteiger partial charge in [-0.1, -0.05) is 6.07 Å². The first-order valence-corrected chi connectivity index (χ1v) is 4.88. The number of hydrogen-bond donors (Lipinski definition) is 2. The summed E-state index contributed by atoms with van der Waals surface area (Å²) in [6, 6.07) is 7.71. The second-order valence-electron chi connectivity index (χ2n) is 3.11. The lowest BCUT2D eigenvalue weighted by Crippen LogP contribution is -2.11. The Bertz CT molecular complexity index is 521. The zero-order valence-corrected chi connectivity index (χ0v) is 8.86. The van der Waals surface area contributed by atoms with Crippen LogP contribution in [0.4, 0.5) is 5.69 Å². The van der Waals surface area contributed by atoms with E-state index < -0.39 is 0 Å². The Balaban J connectivity index is 2.17. The van der Waals surface area contributed by atoms with Crippen molar-refractivity contribution in [3.63, 3.8) is 0 Å². The van der Waals surface area contributed by atoms with Crippen molar-refractivity contribution in [3.8, 4) is 5.75 Å². The van der Waals surface area contributed by atoms with Crippen LogP contribution in [0, 0.1) is 0 Å². The molecule has 2 aromatic rings. The van der Waals surface area contributed by atoms with E-state index in [0.717, 1.165) is 0 Å². The van der Waals surface area contributed by atoms with Crippen molar-refractivity contribution in [1.82, 2.24) is 0 Å². The Labute approximate surface area is 96.5 Å². The number of rotatable bonds is 2. The van der Waals surface area contributed by atoms with E-state index in [-0.39, 0.29) is 22.4 Å². The van der Waals surface area contributed by atoms with Crippen molar-refractivity contribution in [2.45, 2.75) is 0 Å². The van der Waals surface area contributed by atoms with Gasteiger partial charge in [-0.05, 0) is 29.8 Å². The Kier molecular flexibility index (Phi) is 2.83. The lowest BCUT2D eigenvalue weighted by atomic mass is 10.2. The maximum absolute atomic E-state index is 11.7. The molecule has 0 radical (unpaired) electrons. The Morgan fingerprint density at radius 1 is 1.38 bits per heavy atom. The molecule has 16 heavy (non-hydrogen) atoms. The zero-order valence-electron chi connectivity index (χ0n) is 8.11. The van der Waals surface area contributed by atoms with Crippen LogP contribution in [-0.4, -0.2) is 11.0 Å². The normalized spacial score (nSPS) is 10.1. The fourth-order valence-corrected chi connectivity index (χ4v) is 1.44. The number of amides is 1. The zero-order chi connectivity index (χ0) is 11.5. The average Bonchev–Trinajstić information content (AvgIpc) is 2.64. The van der Waals surface area contributed by atoms with Gasteiger partial charge in [0.15, 0.2) is 0 Å². The number of phenols is 1. The molecular formula is C11H8ClNO3. The SMILES string of the molecule is O=C(Nc1cccc(O)c1)c1ccoc1Cl. The number of hydrogen-bond acceptors (Lipinski definition) is 3. The van der Waals surface area contributed by atoms with Crippen molar-refractivity contribution in [3.05, 3.63) is 47.4 Å². The van der Waals surface area contributed by atoms with E-state index >= 15 is 0 Å². The van der Waals surface area contributed by atoms with Gasteiger partial charge >= 0.3 is 0 Å². The van der Waals surface area contributed by atoms with Crippen LogP contribution in [-0.2, 0) is 0 Å². The van der Waals surface area contributed by atoms with Crippen LogP contribution in [0.3, 0.4) is 0 Å². The summed E-state index contributed by atoms with van der Waals surface area (Å²) in [5.41, 5.74) is 0.743. The summed E-state index contributed by atoms with van der Waals surface area (Å²) in [4.78, 5) is 11.7. The number of carbonyl (C=O) groups is 1. The van der Waals surface area contributed by atoms with Crippen molar-refractivity contribution < 1.29 is 14.3 Å². The summed E-state index contributed by atoms with van der Waals surface area (Å²) in [6.45, 7) is 0. The van der Waals surface area contributed by atoms with Crippen LogP contribution in [0.15, 0.2) is 41.0 Å². The first-order valence-electron chi connectivity index (χ1n) is 4.50. The van der Waals surface area contributed by atoms with Crippen LogP contribution in [0.25, 0.3) is 0 Å². The molecule has 0 fully saturated rings.